The number of hydrogen-bond acceptors (Lipinski definition) is 3. The summed E-state index contributed by atoms with van der Waals surface area (Å²) in [6.45, 7) is 1.99. The van der Waals surface area contributed by atoms with E-state index in [0.717, 1.165) is 35.0 Å². The summed E-state index contributed by atoms with van der Waals surface area (Å²) in [6, 6.07) is 11.4. The Balaban J connectivity index is 1.64. The van der Waals surface area contributed by atoms with Crippen molar-refractivity contribution in [1.82, 2.24) is 9.88 Å². The van der Waals surface area contributed by atoms with Crippen LogP contribution in [0.2, 0.25) is 10.0 Å². The van der Waals surface area contributed by atoms with Gasteiger partial charge in [0.1, 0.15) is 0 Å². The first-order chi connectivity index (χ1) is 15.3. The highest BCUT2D eigenvalue weighted by Gasteiger charge is 2.24. The topological polar surface area (TPSA) is 78.1 Å². The molecule has 166 valence electrons. The molecular weight excluding hydrogens is 445 g/mol. The van der Waals surface area contributed by atoms with Crippen LogP contribution in [0.3, 0.4) is 0 Å². The van der Waals surface area contributed by atoms with Gasteiger partial charge < -0.3 is 15.0 Å². The number of carbonyl (C=O) groups excluding carboxylic acids is 1. The zero-order valence-electron chi connectivity index (χ0n) is 18.1. The van der Waals surface area contributed by atoms with Crippen molar-refractivity contribution in [3.05, 3.63) is 68.3 Å². The van der Waals surface area contributed by atoms with Crippen molar-refractivity contribution in [3.63, 3.8) is 0 Å². The number of amides is 1. The third kappa shape index (κ3) is 4.36. The second-order valence-electron chi connectivity index (χ2n) is 8.58. The Kier molecular flexibility index (Phi) is 6.48. The molecule has 7 heteroatoms. The van der Waals surface area contributed by atoms with Crippen molar-refractivity contribution in [3.8, 4) is 6.07 Å². The molecule has 0 saturated heterocycles. The summed E-state index contributed by atoms with van der Waals surface area (Å²) < 4.78 is 2.04. The van der Waals surface area contributed by atoms with Gasteiger partial charge in [0.05, 0.1) is 28.3 Å². The number of halogens is 2. The van der Waals surface area contributed by atoms with Gasteiger partial charge in [-0.2, -0.15) is 5.26 Å². The summed E-state index contributed by atoms with van der Waals surface area (Å²) in [6.07, 6.45) is 3.08. The molecule has 1 aromatic heterocycles. The molecule has 0 atom stereocenters. The molecule has 1 heterocycles. The number of aromatic nitrogens is 1. The van der Waals surface area contributed by atoms with E-state index in [0.29, 0.717) is 46.0 Å². The van der Waals surface area contributed by atoms with Gasteiger partial charge in [-0.15, -0.1) is 0 Å². The minimum atomic E-state index is -0.275. The quantitative estimate of drug-likeness (QED) is 0.544. The maximum atomic E-state index is 12.9. The molecule has 0 aliphatic heterocycles. The van der Waals surface area contributed by atoms with Gasteiger partial charge in [-0.3, -0.25) is 4.79 Å². The predicted octanol–water partition coefficient (Wildman–Crippen LogP) is 5.29. The van der Waals surface area contributed by atoms with E-state index in [1.165, 1.54) is 0 Å². The van der Waals surface area contributed by atoms with E-state index in [1.54, 1.807) is 12.1 Å². The van der Waals surface area contributed by atoms with Crippen molar-refractivity contribution >= 4 is 40.0 Å². The van der Waals surface area contributed by atoms with Gasteiger partial charge in [-0.25, -0.2) is 0 Å². The number of aliphatic hydroxyl groups is 1. The zero-order valence-corrected chi connectivity index (χ0v) is 19.6. The van der Waals surface area contributed by atoms with Crippen LogP contribution < -0.4 is 5.32 Å². The maximum absolute atomic E-state index is 12.9. The summed E-state index contributed by atoms with van der Waals surface area (Å²) in [7, 11) is 1.95. The molecule has 2 aromatic carbocycles. The fourth-order valence-corrected chi connectivity index (χ4v) is 5.09. The number of aliphatic hydroxyl groups excluding tert-OH is 1. The number of benzene rings is 2. The van der Waals surface area contributed by atoms with Crippen LogP contribution in [0.1, 0.15) is 58.4 Å². The van der Waals surface area contributed by atoms with E-state index < -0.39 is 0 Å². The first-order valence-electron chi connectivity index (χ1n) is 10.7. The summed E-state index contributed by atoms with van der Waals surface area (Å²) in [5.74, 6) is -0.221. The molecule has 1 amide bonds. The van der Waals surface area contributed by atoms with Crippen LogP contribution in [0.4, 0.5) is 0 Å². The lowest BCUT2D eigenvalue weighted by molar-refractivity contribution is 0.0867. The first-order valence-corrected chi connectivity index (χ1v) is 11.5. The second-order valence-corrected chi connectivity index (χ2v) is 9.36. The number of aryl methyl sites for hydroxylation is 2. The van der Waals surface area contributed by atoms with Gasteiger partial charge in [0, 0.05) is 41.1 Å². The van der Waals surface area contributed by atoms with Crippen molar-refractivity contribution in [2.45, 2.75) is 51.2 Å². The van der Waals surface area contributed by atoms with Crippen LogP contribution in [0.25, 0.3) is 10.9 Å². The van der Waals surface area contributed by atoms with Crippen LogP contribution in [0, 0.1) is 18.3 Å². The first kappa shape index (κ1) is 22.7. The van der Waals surface area contributed by atoms with Crippen molar-refractivity contribution in [1.29, 1.82) is 5.26 Å². The van der Waals surface area contributed by atoms with Crippen molar-refractivity contribution in [2.24, 2.45) is 7.05 Å². The third-order valence-electron chi connectivity index (χ3n) is 6.42. The van der Waals surface area contributed by atoms with Crippen LogP contribution in [-0.4, -0.2) is 27.7 Å². The molecule has 1 aliphatic carbocycles. The molecular formula is C25H25Cl2N3O2. The lowest BCUT2D eigenvalue weighted by Gasteiger charge is -2.26. The van der Waals surface area contributed by atoms with Gasteiger partial charge in [-0.1, -0.05) is 23.2 Å². The Morgan fingerprint density at radius 2 is 1.94 bits per heavy atom. The number of hydrogen-bond donors (Lipinski definition) is 2. The zero-order chi connectivity index (χ0) is 23.0. The number of nitrogens with zero attached hydrogens (tertiary/aromatic N) is 2. The Bertz CT molecular complexity index is 1230. The fraction of sp³-hybridized carbons (Fsp3) is 0.360. The molecule has 3 aromatic rings. The molecule has 0 bridgehead atoms. The minimum Gasteiger partial charge on any atom is -0.393 e. The smallest absolute Gasteiger partial charge is 0.253 e. The molecule has 2 N–H and O–H groups in total. The SMILES string of the molecule is Cc1cc(C#N)cc2c1cc(Cc1c(Cl)ccc(C(=O)NC3CCC(O)CC3)c1Cl)n2C. The monoisotopic (exact) mass is 469 g/mol. The number of rotatable bonds is 4. The lowest BCUT2D eigenvalue weighted by Crippen LogP contribution is -2.38. The van der Waals surface area contributed by atoms with E-state index in [4.69, 9.17) is 23.2 Å². The van der Waals surface area contributed by atoms with Gasteiger partial charge in [0.25, 0.3) is 5.91 Å². The highest BCUT2D eigenvalue weighted by molar-refractivity contribution is 6.38. The summed E-state index contributed by atoms with van der Waals surface area (Å²) in [5, 5.41) is 24.0. The van der Waals surface area contributed by atoms with E-state index in [9.17, 15) is 15.2 Å². The number of nitriles is 1. The van der Waals surface area contributed by atoms with Gasteiger partial charge in [0.2, 0.25) is 0 Å². The molecule has 32 heavy (non-hydrogen) atoms. The molecule has 1 aliphatic rings. The lowest BCUT2D eigenvalue weighted by atomic mass is 9.93. The van der Waals surface area contributed by atoms with E-state index in [1.807, 2.05) is 30.7 Å². The van der Waals surface area contributed by atoms with Crippen molar-refractivity contribution < 1.29 is 9.90 Å². The molecule has 4 rings (SSSR count). The molecule has 1 saturated carbocycles. The largest absolute Gasteiger partial charge is 0.393 e. The molecule has 0 radical (unpaired) electrons. The molecule has 5 nitrogen and oxygen atoms in total. The Morgan fingerprint density at radius 3 is 2.62 bits per heavy atom. The van der Waals surface area contributed by atoms with Crippen LogP contribution in [0.15, 0.2) is 30.3 Å². The van der Waals surface area contributed by atoms with Gasteiger partial charge in [-0.05, 0) is 74.1 Å². The highest BCUT2D eigenvalue weighted by Crippen LogP contribution is 2.33. The minimum absolute atomic E-state index is 0.0385. The van der Waals surface area contributed by atoms with E-state index >= 15 is 0 Å². The average Bonchev–Trinajstić information content (AvgIpc) is 3.08. The predicted molar refractivity (Wildman–Crippen MR) is 127 cm³/mol. The highest BCUT2D eigenvalue weighted by atomic mass is 35.5. The fourth-order valence-electron chi connectivity index (χ4n) is 4.50. The van der Waals surface area contributed by atoms with Crippen LogP contribution >= 0.6 is 23.2 Å². The summed E-state index contributed by atoms with van der Waals surface area (Å²) in [5.41, 5.74) is 4.71. The van der Waals surface area contributed by atoms with Gasteiger partial charge >= 0.3 is 0 Å². The number of carbonyl (C=O) groups is 1. The van der Waals surface area contributed by atoms with Gasteiger partial charge in [0.15, 0.2) is 0 Å². The molecule has 0 spiro atoms. The van der Waals surface area contributed by atoms with Crippen LogP contribution in [0.5, 0.6) is 0 Å². The third-order valence-corrected chi connectivity index (χ3v) is 7.20. The Morgan fingerprint density at radius 1 is 1.22 bits per heavy atom. The second kappa shape index (κ2) is 9.15. The average molecular weight is 470 g/mol. The number of fused-ring (bicyclic) bond motifs is 1. The maximum Gasteiger partial charge on any atom is 0.253 e. The standard InChI is InChI=1S/C25H25Cl2N3O2/c1-14-9-15(13-28)10-23-20(14)11-17(30(23)2)12-21-22(26)8-7-19(24(21)27)25(32)29-16-3-5-18(31)6-4-16/h7-11,16,18,31H,3-6,12H2,1-2H3,(H,29,32). The summed E-state index contributed by atoms with van der Waals surface area (Å²) in [4.78, 5) is 12.9. The van der Waals surface area contributed by atoms with E-state index in [2.05, 4.69) is 17.5 Å². The normalized spacial score (nSPS) is 18.5. The Labute approximate surface area is 197 Å². The van der Waals surface area contributed by atoms with Crippen LogP contribution in [-0.2, 0) is 13.5 Å². The number of nitrogens with one attached hydrogen (secondary N) is 1. The molecule has 0 unspecified atom stereocenters. The summed E-state index contributed by atoms with van der Waals surface area (Å²) >= 11 is 13.2. The van der Waals surface area contributed by atoms with Crippen molar-refractivity contribution in [2.75, 3.05) is 0 Å². The van der Waals surface area contributed by atoms with E-state index in [-0.39, 0.29) is 18.1 Å². The molecule has 1 fully saturated rings. The Hall–Kier alpha value is -2.52.